The molecule has 0 radical (unpaired) electrons. The maximum atomic E-state index is 13.0. The number of aryl methyl sites for hydroxylation is 1. The molecule has 0 aromatic heterocycles. The van der Waals surface area contributed by atoms with E-state index >= 15 is 0 Å². The molecule has 2 rings (SSSR count). The summed E-state index contributed by atoms with van der Waals surface area (Å²) in [7, 11) is -2.25. The highest BCUT2D eigenvalue weighted by Gasteiger charge is 2.31. The van der Waals surface area contributed by atoms with Crippen molar-refractivity contribution < 1.29 is 31.1 Å². The van der Waals surface area contributed by atoms with Gasteiger partial charge in [0.1, 0.15) is 5.75 Å². The average Bonchev–Trinajstić information content (AvgIpc) is 2.73. The van der Waals surface area contributed by atoms with E-state index in [1.807, 2.05) is 32.0 Å². The first kappa shape index (κ1) is 26.5. The third kappa shape index (κ3) is 7.38. The van der Waals surface area contributed by atoms with Gasteiger partial charge in [-0.15, -0.1) is 0 Å². The molecule has 0 aliphatic heterocycles. The minimum Gasteiger partial charge on any atom is -0.496 e. The summed E-state index contributed by atoms with van der Waals surface area (Å²) in [6, 6.07) is 9.55. The number of alkyl halides is 3. The van der Waals surface area contributed by atoms with E-state index in [1.165, 1.54) is 6.07 Å². The first-order valence-corrected chi connectivity index (χ1v) is 12.3. The normalized spacial score (nSPS) is 12.8. The SMILES string of the molecule is CCC(NC(=O)CCCN(c1cccc(C(F)(F)F)c1)S(C)(=O)=O)c1ccc(OC)c(C)c1. The molecule has 10 heteroatoms. The zero-order valence-electron chi connectivity index (χ0n) is 19.1. The van der Waals surface area contributed by atoms with Crippen LogP contribution in [0.5, 0.6) is 5.75 Å². The fourth-order valence-corrected chi connectivity index (χ4v) is 4.47. The summed E-state index contributed by atoms with van der Waals surface area (Å²) < 4.78 is 69.6. The number of anilines is 1. The van der Waals surface area contributed by atoms with Gasteiger partial charge in [0.2, 0.25) is 15.9 Å². The third-order valence-corrected chi connectivity index (χ3v) is 6.39. The summed E-state index contributed by atoms with van der Waals surface area (Å²) in [6.45, 7) is 3.72. The van der Waals surface area contributed by atoms with Crippen molar-refractivity contribution in [2.45, 2.75) is 45.3 Å². The van der Waals surface area contributed by atoms with Crippen molar-refractivity contribution >= 4 is 21.6 Å². The molecule has 0 aliphatic rings. The van der Waals surface area contributed by atoms with Gasteiger partial charge in [-0.3, -0.25) is 9.10 Å². The highest BCUT2D eigenvalue weighted by atomic mass is 32.2. The second kappa shape index (κ2) is 10.9. The molecule has 0 bridgehead atoms. The molecular weight excluding hydrogens is 457 g/mol. The second-order valence-corrected chi connectivity index (χ2v) is 9.65. The average molecular weight is 487 g/mol. The van der Waals surface area contributed by atoms with Gasteiger partial charge < -0.3 is 10.1 Å². The summed E-state index contributed by atoms with van der Waals surface area (Å²) in [4.78, 5) is 12.5. The molecule has 6 nitrogen and oxygen atoms in total. The van der Waals surface area contributed by atoms with E-state index in [4.69, 9.17) is 4.74 Å². The number of amides is 1. The fraction of sp³-hybridized carbons (Fsp3) is 0.435. The number of nitrogens with one attached hydrogen (secondary N) is 1. The topological polar surface area (TPSA) is 75.7 Å². The molecule has 1 unspecified atom stereocenters. The number of benzene rings is 2. The van der Waals surface area contributed by atoms with Crippen LogP contribution in [0.3, 0.4) is 0 Å². The Labute approximate surface area is 192 Å². The Balaban J connectivity index is 2.05. The van der Waals surface area contributed by atoms with Crippen LogP contribution >= 0.6 is 0 Å². The lowest BCUT2D eigenvalue weighted by molar-refractivity contribution is -0.137. The van der Waals surface area contributed by atoms with E-state index in [2.05, 4.69) is 5.32 Å². The zero-order valence-corrected chi connectivity index (χ0v) is 19.9. The Morgan fingerprint density at radius 1 is 1.18 bits per heavy atom. The Morgan fingerprint density at radius 2 is 1.88 bits per heavy atom. The maximum Gasteiger partial charge on any atom is 0.416 e. The van der Waals surface area contributed by atoms with Crippen molar-refractivity contribution in [1.82, 2.24) is 5.32 Å². The van der Waals surface area contributed by atoms with Gasteiger partial charge in [-0.25, -0.2) is 8.42 Å². The van der Waals surface area contributed by atoms with Crippen LogP contribution in [0.1, 0.15) is 48.9 Å². The summed E-state index contributed by atoms with van der Waals surface area (Å²) in [5.74, 6) is 0.475. The van der Waals surface area contributed by atoms with Crippen LogP contribution in [0.4, 0.5) is 18.9 Å². The lowest BCUT2D eigenvalue weighted by atomic mass is 10.0. The van der Waals surface area contributed by atoms with Gasteiger partial charge >= 0.3 is 6.18 Å². The number of hydrogen-bond donors (Lipinski definition) is 1. The molecular formula is C23H29F3N2O4S. The molecule has 0 heterocycles. The van der Waals surface area contributed by atoms with Gasteiger partial charge in [0, 0.05) is 13.0 Å². The van der Waals surface area contributed by atoms with Crippen molar-refractivity contribution in [3.05, 3.63) is 59.2 Å². The Kier molecular flexibility index (Phi) is 8.76. The number of ether oxygens (including phenoxy) is 1. The van der Waals surface area contributed by atoms with E-state index in [0.29, 0.717) is 6.42 Å². The first-order valence-electron chi connectivity index (χ1n) is 10.5. The molecule has 1 amide bonds. The third-order valence-electron chi connectivity index (χ3n) is 5.19. The van der Waals surface area contributed by atoms with Gasteiger partial charge in [0.25, 0.3) is 0 Å². The van der Waals surface area contributed by atoms with E-state index < -0.39 is 21.8 Å². The predicted molar refractivity (Wildman–Crippen MR) is 122 cm³/mol. The summed E-state index contributed by atoms with van der Waals surface area (Å²) in [5, 5.41) is 2.93. The van der Waals surface area contributed by atoms with E-state index in [-0.39, 0.29) is 37.0 Å². The largest absolute Gasteiger partial charge is 0.496 e. The van der Waals surface area contributed by atoms with Crippen LogP contribution in [-0.4, -0.2) is 34.2 Å². The summed E-state index contributed by atoms with van der Waals surface area (Å²) >= 11 is 0. The monoisotopic (exact) mass is 486 g/mol. The molecule has 182 valence electrons. The fourth-order valence-electron chi connectivity index (χ4n) is 3.51. The van der Waals surface area contributed by atoms with Crippen molar-refractivity contribution in [2.24, 2.45) is 0 Å². The zero-order chi connectivity index (χ0) is 24.8. The molecule has 2 aromatic rings. The number of halogens is 3. The van der Waals surface area contributed by atoms with Crippen LogP contribution in [0.15, 0.2) is 42.5 Å². The number of sulfonamides is 1. The number of rotatable bonds is 10. The van der Waals surface area contributed by atoms with Crippen molar-refractivity contribution in [3.63, 3.8) is 0 Å². The van der Waals surface area contributed by atoms with Crippen LogP contribution in [-0.2, 0) is 21.0 Å². The quantitative estimate of drug-likeness (QED) is 0.522. The van der Waals surface area contributed by atoms with Crippen molar-refractivity contribution in [3.8, 4) is 5.75 Å². The summed E-state index contributed by atoms with van der Waals surface area (Å²) in [5.41, 5.74) is 0.832. The maximum absolute atomic E-state index is 13.0. The van der Waals surface area contributed by atoms with Crippen molar-refractivity contribution in [1.29, 1.82) is 0 Å². The lowest BCUT2D eigenvalue weighted by Gasteiger charge is -2.23. The van der Waals surface area contributed by atoms with Gasteiger partial charge in [-0.05, 0) is 55.2 Å². The molecule has 2 aromatic carbocycles. The number of nitrogens with zero attached hydrogens (tertiary/aromatic N) is 1. The summed E-state index contributed by atoms with van der Waals surface area (Å²) in [6.07, 6.45) is -2.85. The first-order chi connectivity index (χ1) is 15.4. The van der Waals surface area contributed by atoms with E-state index in [0.717, 1.165) is 45.6 Å². The Hall–Kier alpha value is -2.75. The van der Waals surface area contributed by atoms with Crippen LogP contribution < -0.4 is 14.4 Å². The molecule has 0 fully saturated rings. The predicted octanol–water partition coefficient (Wildman–Crippen LogP) is 4.84. The second-order valence-electron chi connectivity index (χ2n) is 7.74. The Morgan fingerprint density at radius 3 is 2.42 bits per heavy atom. The van der Waals surface area contributed by atoms with Crippen molar-refractivity contribution in [2.75, 3.05) is 24.2 Å². The van der Waals surface area contributed by atoms with Gasteiger partial charge in [-0.2, -0.15) is 13.2 Å². The van der Waals surface area contributed by atoms with E-state index in [9.17, 15) is 26.4 Å². The van der Waals surface area contributed by atoms with Crippen LogP contribution in [0.2, 0.25) is 0 Å². The molecule has 0 aliphatic carbocycles. The van der Waals surface area contributed by atoms with Crippen LogP contribution in [0.25, 0.3) is 0 Å². The molecule has 0 saturated carbocycles. The lowest BCUT2D eigenvalue weighted by Crippen LogP contribution is -2.33. The smallest absolute Gasteiger partial charge is 0.416 e. The standard InChI is InChI=1S/C23H29F3N2O4S/c1-5-20(17-11-12-21(32-3)16(2)14-17)27-22(29)10-7-13-28(33(4,30)31)19-9-6-8-18(15-19)23(24,25)26/h6,8-9,11-12,14-15,20H,5,7,10,13H2,1-4H3,(H,27,29). The highest BCUT2D eigenvalue weighted by molar-refractivity contribution is 7.92. The molecule has 0 saturated heterocycles. The number of carbonyl (C=O) groups excluding carboxylic acids is 1. The number of hydrogen-bond acceptors (Lipinski definition) is 4. The van der Waals surface area contributed by atoms with Gasteiger partial charge in [0.05, 0.1) is 30.7 Å². The van der Waals surface area contributed by atoms with Crippen LogP contribution in [0, 0.1) is 6.92 Å². The Bertz CT molecular complexity index is 1070. The molecule has 0 spiro atoms. The molecule has 1 N–H and O–H groups in total. The number of methoxy groups -OCH3 is 1. The highest BCUT2D eigenvalue weighted by Crippen LogP contribution is 2.32. The van der Waals surface area contributed by atoms with Gasteiger partial charge in [0.15, 0.2) is 0 Å². The molecule has 1 atom stereocenters. The van der Waals surface area contributed by atoms with E-state index in [1.54, 1.807) is 7.11 Å². The molecule has 33 heavy (non-hydrogen) atoms. The number of carbonyl (C=O) groups is 1. The van der Waals surface area contributed by atoms with Gasteiger partial charge in [-0.1, -0.05) is 25.1 Å². The minimum atomic E-state index is -4.59. The minimum absolute atomic E-state index is 0.0244.